The molecular formula is C19H23NO4S. The molecule has 1 aromatic carbocycles. The number of aryl methyl sites for hydroxylation is 1. The summed E-state index contributed by atoms with van der Waals surface area (Å²) in [7, 11) is 0. The predicted octanol–water partition coefficient (Wildman–Crippen LogP) is 3.58. The molecule has 1 aromatic heterocycles. The van der Waals surface area contributed by atoms with Gasteiger partial charge in [-0.3, -0.25) is 4.79 Å². The van der Waals surface area contributed by atoms with Crippen molar-refractivity contribution in [2.45, 2.75) is 26.8 Å². The molecule has 2 heterocycles. The number of aromatic hydroxyl groups is 1. The van der Waals surface area contributed by atoms with Crippen LogP contribution in [-0.4, -0.2) is 42.3 Å². The van der Waals surface area contributed by atoms with Crippen molar-refractivity contribution in [3.05, 3.63) is 34.7 Å². The summed E-state index contributed by atoms with van der Waals surface area (Å²) in [5.74, 6) is 0.540. The molecular weight excluding hydrogens is 338 g/mol. The number of hydrogen-bond acceptors (Lipinski definition) is 5. The molecule has 0 bridgehead atoms. The Hall–Kier alpha value is -2.05. The molecule has 1 aliphatic heterocycles. The number of phenolic OH excluding ortho intramolecular Hbond substituents is 1. The highest BCUT2D eigenvalue weighted by Gasteiger charge is 2.23. The first-order chi connectivity index (χ1) is 12.1. The Morgan fingerprint density at radius 3 is 2.96 bits per heavy atom. The summed E-state index contributed by atoms with van der Waals surface area (Å²) in [5.41, 5.74) is 1.76. The lowest BCUT2D eigenvalue weighted by Gasteiger charge is -2.20. The number of thiophene rings is 1. The molecule has 1 N–H and O–H groups in total. The second kappa shape index (κ2) is 7.89. The summed E-state index contributed by atoms with van der Waals surface area (Å²) in [6, 6.07) is 7.82. The molecule has 0 saturated carbocycles. The van der Waals surface area contributed by atoms with Gasteiger partial charge in [-0.05, 0) is 43.2 Å². The topological polar surface area (TPSA) is 59.0 Å². The van der Waals surface area contributed by atoms with E-state index in [0.717, 1.165) is 22.4 Å². The molecule has 0 aliphatic carbocycles. The molecule has 0 fully saturated rings. The molecule has 134 valence electrons. The van der Waals surface area contributed by atoms with Crippen molar-refractivity contribution >= 4 is 17.2 Å². The molecule has 1 aliphatic rings. The minimum atomic E-state index is -0.0539. The first-order valence-electron chi connectivity index (χ1n) is 8.49. The zero-order valence-electron chi connectivity index (χ0n) is 14.6. The Kier molecular flexibility index (Phi) is 5.60. The normalized spacial score (nSPS) is 13.9. The Labute approximate surface area is 151 Å². The number of nitrogens with zero attached hydrogens (tertiary/aromatic N) is 1. The van der Waals surface area contributed by atoms with Gasteiger partial charge in [0, 0.05) is 28.5 Å². The van der Waals surface area contributed by atoms with Crippen LogP contribution in [0.1, 0.15) is 23.8 Å². The van der Waals surface area contributed by atoms with Gasteiger partial charge in [0.2, 0.25) is 5.91 Å². The van der Waals surface area contributed by atoms with Gasteiger partial charge in [0.1, 0.15) is 13.2 Å². The number of ether oxygens (including phenoxy) is 2. The standard InChI is InChI=1S/C19H23NO4S/c1-3-7-23-12-18(22)20-6-8-24-19-15(11-20)9-14(10-16(19)21)17-5-4-13(2)25-17/h4-5,9-10,21H,3,6-8,11-12H2,1-2H3. The summed E-state index contributed by atoms with van der Waals surface area (Å²) >= 11 is 1.67. The second-order valence-electron chi connectivity index (χ2n) is 6.11. The first-order valence-corrected chi connectivity index (χ1v) is 9.31. The maximum absolute atomic E-state index is 12.4. The number of amides is 1. The average Bonchev–Trinajstić information content (AvgIpc) is 2.90. The van der Waals surface area contributed by atoms with E-state index in [1.54, 1.807) is 22.3 Å². The molecule has 0 atom stereocenters. The Morgan fingerprint density at radius 1 is 1.40 bits per heavy atom. The molecule has 6 heteroatoms. The Balaban J connectivity index is 1.84. The van der Waals surface area contributed by atoms with Gasteiger partial charge in [0.25, 0.3) is 0 Å². The summed E-state index contributed by atoms with van der Waals surface area (Å²) in [6.07, 6.45) is 0.886. The first kappa shape index (κ1) is 17.8. The molecule has 25 heavy (non-hydrogen) atoms. The molecule has 0 unspecified atom stereocenters. The third kappa shape index (κ3) is 4.14. The molecule has 1 amide bonds. The van der Waals surface area contributed by atoms with E-state index in [9.17, 15) is 9.90 Å². The van der Waals surface area contributed by atoms with Crippen molar-refractivity contribution in [1.29, 1.82) is 0 Å². The van der Waals surface area contributed by atoms with Crippen LogP contribution in [0.3, 0.4) is 0 Å². The zero-order valence-corrected chi connectivity index (χ0v) is 15.4. The average molecular weight is 361 g/mol. The fourth-order valence-electron chi connectivity index (χ4n) is 2.84. The number of carbonyl (C=O) groups is 1. The van der Waals surface area contributed by atoms with E-state index in [2.05, 4.69) is 13.0 Å². The van der Waals surface area contributed by atoms with Crippen LogP contribution in [0, 0.1) is 6.92 Å². The van der Waals surface area contributed by atoms with Gasteiger partial charge < -0.3 is 19.5 Å². The Bertz CT molecular complexity index is 756. The lowest BCUT2D eigenvalue weighted by molar-refractivity contribution is -0.136. The van der Waals surface area contributed by atoms with Gasteiger partial charge in [-0.25, -0.2) is 0 Å². The molecule has 0 radical (unpaired) electrons. The third-order valence-corrected chi connectivity index (χ3v) is 5.12. The second-order valence-corrected chi connectivity index (χ2v) is 7.40. The molecule has 2 aromatic rings. The summed E-state index contributed by atoms with van der Waals surface area (Å²) < 4.78 is 11.1. The third-order valence-electron chi connectivity index (χ3n) is 4.07. The van der Waals surface area contributed by atoms with Crippen molar-refractivity contribution in [3.63, 3.8) is 0 Å². The predicted molar refractivity (Wildman–Crippen MR) is 98.2 cm³/mol. The number of benzene rings is 1. The van der Waals surface area contributed by atoms with Crippen LogP contribution < -0.4 is 4.74 Å². The van der Waals surface area contributed by atoms with Crippen LogP contribution in [0.2, 0.25) is 0 Å². The maximum Gasteiger partial charge on any atom is 0.248 e. The van der Waals surface area contributed by atoms with Crippen molar-refractivity contribution < 1.29 is 19.4 Å². The van der Waals surface area contributed by atoms with Crippen LogP contribution in [0.4, 0.5) is 0 Å². The van der Waals surface area contributed by atoms with Gasteiger partial charge in [-0.2, -0.15) is 0 Å². The number of rotatable bonds is 5. The fraction of sp³-hybridized carbons (Fsp3) is 0.421. The SMILES string of the molecule is CCCOCC(=O)N1CCOc2c(O)cc(-c3ccc(C)s3)cc2C1. The summed E-state index contributed by atoms with van der Waals surface area (Å²) in [4.78, 5) is 16.4. The monoisotopic (exact) mass is 361 g/mol. The van der Waals surface area contributed by atoms with E-state index in [1.807, 2.05) is 19.1 Å². The van der Waals surface area contributed by atoms with E-state index in [-0.39, 0.29) is 18.3 Å². The number of phenols is 1. The van der Waals surface area contributed by atoms with Crippen LogP contribution in [0.5, 0.6) is 11.5 Å². The van der Waals surface area contributed by atoms with Gasteiger partial charge in [0.15, 0.2) is 11.5 Å². The van der Waals surface area contributed by atoms with E-state index in [1.165, 1.54) is 4.88 Å². The quantitative estimate of drug-likeness (QED) is 0.827. The number of fused-ring (bicyclic) bond motifs is 1. The van der Waals surface area contributed by atoms with Crippen molar-refractivity contribution in [1.82, 2.24) is 4.90 Å². The zero-order chi connectivity index (χ0) is 17.8. The lowest BCUT2D eigenvalue weighted by atomic mass is 10.1. The van der Waals surface area contributed by atoms with Gasteiger partial charge in [-0.15, -0.1) is 11.3 Å². The molecule has 0 saturated heterocycles. The van der Waals surface area contributed by atoms with Gasteiger partial charge in [-0.1, -0.05) is 6.92 Å². The highest BCUT2D eigenvalue weighted by atomic mass is 32.1. The van der Waals surface area contributed by atoms with Gasteiger partial charge in [0.05, 0.1) is 6.54 Å². The largest absolute Gasteiger partial charge is 0.504 e. The van der Waals surface area contributed by atoms with Crippen molar-refractivity contribution in [2.75, 3.05) is 26.4 Å². The Morgan fingerprint density at radius 2 is 2.24 bits per heavy atom. The number of hydrogen-bond donors (Lipinski definition) is 1. The maximum atomic E-state index is 12.4. The van der Waals surface area contributed by atoms with E-state index < -0.39 is 0 Å². The minimum absolute atomic E-state index is 0.0539. The molecule has 0 spiro atoms. The summed E-state index contributed by atoms with van der Waals surface area (Å²) in [5, 5.41) is 10.4. The van der Waals surface area contributed by atoms with Crippen molar-refractivity contribution in [2.24, 2.45) is 0 Å². The van der Waals surface area contributed by atoms with Gasteiger partial charge >= 0.3 is 0 Å². The highest BCUT2D eigenvalue weighted by molar-refractivity contribution is 7.15. The fourth-order valence-corrected chi connectivity index (χ4v) is 3.69. The summed E-state index contributed by atoms with van der Waals surface area (Å²) in [6.45, 7) is 5.98. The number of carbonyl (C=O) groups excluding carboxylic acids is 1. The van der Waals surface area contributed by atoms with E-state index >= 15 is 0 Å². The minimum Gasteiger partial charge on any atom is -0.504 e. The van der Waals surface area contributed by atoms with Crippen molar-refractivity contribution in [3.8, 4) is 21.9 Å². The van der Waals surface area contributed by atoms with Crippen LogP contribution in [-0.2, 0) is 16.1 Å². The molecule has 3 rings (SSSR count). The molecule has 5 nitrogen and oxygen atoms in total. The smallest absolute Gasteiger partial charge is 0.248 e. The van der Waals surface area contributed by atoms with Crippen LogP contribution >= 0.6 is 11.3 Å². The van der Waals surface area contributed by atoms with E-state index in [4.69, 9.17) is 9.47 Å². The van der Waals surface area contributed by atoms with Crippen LogP contribution in [0.15, 0.2) is 24.3 Å². The highest BCUT2D eigenvalue weighted by Crippen LogP contribution is 2.39. The van der Waals surface area contributed by atoms with E-state index in [0.29, 0.717) is 32.1 Å². The lowest BCUT2D eigenvalue weighted by Crippen LogP contribution is -2.35. The van der Waals surface area contributed by atoms with Crippen LogP contribution in [0.25, 0.3) is 10.4 Å².